The fourth-order valence-electron chi connectivity index (χ4n) is 1.90. The SMILES string of the molecule is C[C@@H](NP(=O)(c1ccccc1)c1ccccc1)C(=O)O. The Bertz CT molecular complexity index is 585. The van der Waals surface area contributed by atoms with E-state index in [0.29, 0.717) is 10.6 Å². The number of benzene rings is 2. The highest BCUT2D eigenvalue weighted by Gasteiger charge is 2.30. The summed E-state index contributed by atoms with van der Waals surface area (Å²) in [5, 5.41) is 13.0. The summed E-state index contributed by atoms with van der Waals surface area (Å²) in [7, 11) is -3.16. The Morgan fingerprint density at radius 3 is 1.75 bits per heavy atom. The zero-order valence-electron chi connectivity index (χ0n) is 11.1. The van der Waals surface area contributed by atoms with Crippen molar-refractivity contribution in [2.75, 3.05) is 0 Å². The molecule has 4 nitrogen and oxygen atoms in total. The molecule has 2 aromatic carbocycles. The number of nitrogens with one attached hydrogen (secondary N) is 1. The fourth-order valence-corrected chi connectivity index (χ4v) is 4.34. The van der Waals surface area contributed by atoms with E-state index in [4.69, 9.17) is 5.11 Å². The van der Waals surface area contributed by atoms with Crippen LogP contribution in [0.4, 0.5) is 0 Å². The van der Waals surface area contributed by atoms with Crippen LogP contribution in [0.2, 0.25) is 0 Å². The van der Waals surface area contributed by atoms with Crippen LogP contribution in [0.3, 0.4) is 0 Å². The maximum absolute atomic E-state index is 13.4. The standard InChI is InChI=1S/C15H16NO3P/c1-12(15(17)18)16-20(19,13-8-4-2-5-9-13)14-10-6-3-7-11-14/h2-12H,1H3,(H,16,19)(H,17,18)/t12-/m1/s1. The average molecular weight is 289 g/mol. The van der Waals surface area contributed by atoms with E-state index in [2.05, 4.69) is 5.09 Å². The molecule has 2 N–H and O–H groups in total. The summed E-state index contributed by atoms with van der Waals surface area (Å²) in [4.78, 5) is 11.1. The second kappa shape index (κ2) is 6.04. The van der Waals surface area contributed by atoms with Crippen molar-refractivity contribution in [2.45, 2.75) is 13.0 Å². The first-order valence-corrected chi connectivity index (χ1v) is 7.96. The van der Waals surface area contributed by atoms with Crippen LogP contribution in [0.25, 0.3) is 0 Å². The third kappa shape index (κ3) is 2.98. The smallest absolute Gasteiger partial charge is 0.320 e. The van der Waals surface area contributed by atoms with Gasteiger partial charge in [-0.25, -0.2) is 5.09 Å². The predicted octanol–water partition coefficient (Wildman–Crippen LogP) is 1.98. The van der Waals surface area contributed by atoms with E-state index in [9.17, 15) is 9.36 Å². The molecular formula is C15H16NO3P. The van der Waals surface area contributed by atoms with E-state index in [1.165, 1.54) is 6.92 Å². The van der Waals surface area contributed by atoms with Gasteiger partial charge in [-0.3, -0.25) is 9.36 Å². The fraction of sp³-hybridized carbons (Fsp3) is 0.133. The van der Waals surface area contributed by atoms with Crippen LogP contribution in [0.5, 0.6) is 0 Å². The summed E-state index contributed by atoms with van der Waals surface area (Å²) in [5.74, 6) is -1.03. The Hall–Kier alpha value is -1.90. The van der Waals surface area contributed by atoms with Crippen molar-refractivity contribution in [3.63, 3.8) is 0 Å². The summed E-state index contributed by atoms with van der Waals surface area (Å²) in [5.41, 5.74) is 0. The van der Waals surface area contributed by atoms with Crippen molar-refractivity contribution in [3.8, 4) is 0 Å². The molecule has 0 saturated heterocycles. The van der Waals surface area contributed by atoms with Crippen molar-refractivity contribution < 1.29 is 14.5 Å². The molecule has 0 aliphatic heterocycles. The van der Waals surface area contributed by atoms with Gasteiger partial charge in [-0.15, -0.1) is 0 Å². The van der Waals surface area contributed by atoms with E-state index < -0.39 is 19.3 Å². The molecule has 0 radical (unpaired) electrons. The molecule has 1 atom stereocenters. The lowest BCUT2D eigenvalue weighted by molar-refractivity contribution is -0.138. The van der Waals surface area contributed by atoms with Crippen LogP contribution in [0, 0.1) is 0 Å². The lowest BCUT2D eigenvalue weighted by atomic mass is 10.4. The molecule has 0 aliphatic rings. The van der Waals surface area contributed by atoms with Gasteiger partial charge in [0, 0.05) is 10.6 Å². The molecule has 5 heteroatoms. The van der Waals surface area contributed by atoms with Crippen molar-refractivity contribution in [1.29, 1.82) is 0 Å². The highest BCUT2D eigenvalue weighted by atomic mass is 31.2. The van der Waals surface area contributed by atoms with Crippen LogP contribution in [0.15, 0.2) is 60.7 Å². The number of carboxylic acids is 1. The molecule has 0 fully saturated rings. The maximum atomic E-state index is 13.4. The summed E-state index contributed by atoms with van der Waals surface area (Å²) in [6.07, 6.45) is 0. The molecule has 0 heterocycles. The number of hydrogen-bond acceptors (Lipinski definition) is 2. The molecule has 104 valence electrons. The largest absolute Gasteiger partial charge is 0.480 e. The van der Waals surface area contributed by atoms with Crippen LogP contribution in [-0.4, -0.2) is 17.1 Å². The third-order valence-corrected chi connectivity index (χ3v) is 5.79. The number of aliphatic carboxylic acids is 1. The van der Waals surface area contributed by atoms with Crippen molar-refractivity contribution in [1.82, 2.24) is 5.09 Å². The first-order chi connectivity index (χ1) is 9.54. The van der Waals surface area contributed by atoms with Gasteiger partial charge in [0.25, 0.3) is 0 Å². The van der Waals surface area contributed by atoms with Gasteiger partial charge < -0.3 is 5.11 Å². The molecule has 20 heavy (non-hydrogen) atoms. The molecule has 0 saturated carbocycles. The first kappa shape index (κ1) is 14.5. The number of carboxylic acid groups (broad SMARTS) is 1. The number of hydrogen-bond donors (Lipinski definition) is 2. The lowest BCUT2D eigenvalue weighted by Gasteiger charge is -2.22. The minimum absolute atomic E-state index is 0.597. The summed E-state index contributed by atoms with van der Waals surface area (Å²) in [6, 6.07) is 16.9. The Morgan fingerprint density at radius 1 is 1.00 bits per heavy atom. The van der Waals surface area contributed by atoms with Gasteiger partial charge >= 0.3 is 5.97 Å². The van der Waals surface area contributed by atoms with E-state index in [1.807, 2.05) is 12.1 Å². The molecule has 2 rings (SSSR count). The molecule has 0 aromatic heterocycles. The van der Waals surface area contributed by atoms with E-state index in [-0.39, 0.29) is 0 Å². The Kier molecular flexibility index (Phi) is 4.38. The Labute approximate surface area is 117 Å². The summed E-state index contributed by atoms with van der Waals surface area (Å²) in [6.45, 7) is 1.49. The highest BCUT2D eigenvalue weighted by Crippen LogP contribution is 2.39. The zero-order chi connectivity index (χ0) is 14.6. The van der Waals surface area contributed by atoms with Crippen molar-refractivity contribution >= 4 is 23.9 Å². The topological polar surface area (TPSA) is 66.4 Å². The van der Waals surface area contributed by atoms with Gasteiger partial charge in [-0.2, -0.15) is 0 Å². The molecule has 0 unspecified atom stereocenters. The lowest BCUT2D eigenvalue weighted by Crippen LogP contribution is -2.38. The van der Waals surface area contributed by atoms with Gasteiger partial charge in [-0.05, 0) is 31.2 Å². The third-order valence-electron chi connectivity index (χ3n) is 2.99. The van der Waals surface area contributed by atoms with Gasteiger partial charge in [-0.1, -0.05) is 36.4 Å². The molecule has 0 bridgehead atoms. The average Bonchev–Trinajstić information content (AvgIpc) is 2.48. The van der Waals surface area contributed by atoms with Crippen molar-refractivity contribution in [2.24, 2.45) is 0 Å². The Balaban J connectivity index is 2.50. The second-order valence-electron chi connectivity index (χ2n) is 4.47. The summed E-state index contributed by atoms with van der Waals surface area (Å²) < 4.78 is 13.4. The highest BCUT2D eigenvalue weighted by molar-refractivity contribution is 7.77. The molecule has 0 aliphatic carbocycles. The van der Waals surface area contributed by atoms with E-state index in [0.717, 1.165) is 0 Å². The predicted molar refractivity (Wildman–Crippen MR) is 80.0 cm³/mol. The summed E-state index contributed by atoms with van der Waals surface area (Å²) >= 11 is 0. The van der Waals surface area contributed by atoms with Crippen LogP contribution in [0.1, 0.15) is 6.92 Å². The second-order valence-corrected chi connectivity index (χ2v) is 6.98. The quantitative estimate of drug-likeness (QED) is 0.826. The van der Waals surface area contributed by atoms with Crippen LogP contribution >= 0.6 is 7.29 Å². The molecular weight excluding hydrogens is 273 g/mol. The zero-order valence-corrected chi connectivity index (χ0v) is 12.0. The van der Waals surface area contributed by atoms with Crippen LogP contribution in [-0.2, 0) is 9.36 Å². The van der Waals surface area contributed by atoms with Gasteiger partial charge in [0.05, 0.1) is 0 Å². The minimum atomic E-state index is -3.16. The van der Waals surface area contributed by atoms with Crippen molar-refractivity contribution in [3.05, 3.63) is 60.7 Å². The number of carbonyl (C=O) groups is 1. The molecule has 0 amide bonds. The number of rotatable bonds is 5. The van der Waals surface area contributed by atoms with E-state index in [1.54, 1.807) is 48.5 Å². The monoisotopic (exact) mass is 289 g/mol. The minimum Gasteiger partial charge on any atom is -0.480 e. The van der Waals surface area contributed by atoms with Crippen LogP contribution < -0.4 is 15.7 Å². The maximum Gasteiger partial charge on any atom is 0.320 e. The molecule has 2 aromatic rings. The normalized spacial score (nSPS) is 12.8. The van der Waals surface area contributed by atoms with E-state index >= 15 is 0 Å². The molecule has 0 spiro atoms. The van der Waals surface area contributed by atoms with Gasteiger partial charge in [0.2, 0.25) is 7.29 Å². The Morgan fingerprint density at radius 2 is 1.40 bits per heavy atom. The van der Waals surface area contributed by atoms with Gasteiger partial charge in [0.15, 0.2) is 0 Å². The van der Waals surface area contributed by atoms with Gasteiger partial charge in [0.1, 0.15) is 6.04 Å². The first-order valence-electron chi connectivity index (χ1n) is 6.26.